The van der Waals surface area contributed by atoms with E-state index in [9.17, 15) is 22.8 Å². The van der Waals surface area contributed by atoms with E-state index in [1.807, 2.05) is 0 Å². The monoisotopic (exact) mass is 289 g/mol. The third-order valence-corrected chi connectivity index (χ3v) is 2.66. The van der Waals surface area contributed by atoms with Crippen molar-refractivity contribution >= 4 is 17.7 Å². The van der Waals surface area contributed by atoms with E-state index in [2.05, 4.69) is 4.84 Å². The number of hydrogen-bond donors (Lipinski definition) is 1. The second-order valence-corrected chi connectivity index (χ2v) is 4.06. The molecule has 20 heavy (non-hydrogen) atoms. The normalized spacial score (nSPS) is 14.8. The van der Waals surface area contributed by atoms with Gasteiger partial charge in [-0.15, -0.1) is 0 Å². The topological polar surface area (TPSA) is 75.9 Å². The van der Waals surface area contributed by atoms with Gasteiger partial charge in [-0.1, -0.05) is 18.2 Å². The van der Waals surface area contributed by atoms with Crippen LogP contribution in [-0.4, -0.2) is 29.7 Å². The van der Waals surface area contributed by atoms with Crippen molar-refractivity contribution in [1.29, 1.82) is 0 Å². The van der Waals surface area contributed by atoms with Crippen LogP contribution in [0, 0.1) is 0 Å². The van der Waals surface area contributed by atoms with Gasteiger partial charge in [0.2, 0.25) is 0 Å². The molecule has 108 valence electrons. The molecule has 2 N–H and O–H groups in total. The number of carbonyl (C=O) groups excluding carboxylic acids is 2. The zero-order valence-electron chi connectivity index (χ0n) is 10.1. The van der Waals surface area contributed by atoms with E-state index in [1.165, 1.54) is 6.07 Å². The highest BCUT2D eigenvalue weighted by molar-refractivity contribution is 5.78. The standard InChI is InChI=1S/C11H10F3N3O3/c12-11(13,14)9(18)20-17-6-16(10(15)19)5-7-3-1-2-4-8(7)17/h1-4H,5-6H2,(H2,15,19). The van der Waals surface area contributed by atoms with Gasteiger partial charge in [0.25, 0.3) is 0 Å². The molecule has 2 amide bonds. The highest BCUT2D eigenvalue weighted by Gasteiger charge is 2.43. The van der Waals surface area contributed by atoms with E-state index >= 15 is 0 Å². The predicted octanol–water partition coefficient (Wildman–Crippen LogP) is 1.37. The van der Waals surface area contributed by atoms with Crippen LogP contribution in [0.4, 0.5) is 23.7 Å². The zero-order chi connectivity index (χ0) is 14.9. The van der Waals surface area contributed by atoms with Crippen molar-refractivity contribution in [2.75, 3.05) is 11.7 Å². The fourth-order valence-corrected chi connectivity index (χ4v) is 1.75. The molecule has 1 aromatic carbocycles. The van der Waals surface area contributed by atoms with E-state index in [4.69, 9.17) is 5.73 Å². The number of anilines is 1. The Hall–Kier alpha value is -2.45. The molecule has 0 saturated carbocycles. The summed E-state index contributed by atoms with van der Waals surface area (Å²) in [4.78, 5) is 27.4. The molecule has 1 aromatic rings. The Balaban J connectivity index is 2.27. The Labute approximate surface area is 111 Å². The summed E-state index contributed by atoms with van der Waals surface area (Å²) < 4.78 is 36.7. The van der Waals surface area contributed by atoms with E-state index in [0.29, 0.717) is 10.6 Å². The molecule has 1 heterocycles. The van der Waals surface area contributed by atoms with Crippen LogP contribution >= 0.6 is 0 Å². The van der Waals surface area contributed by atoms with Crippen LogP contribution in [0.25, 0.3) is 0 Å². The van der Waals surface area contributed by atoms with Crippen LogP contribution in [-0.2, 0) is 16.2 Å². The van der Waals surface area contributed by atoms with E-state index in [1.54, 1.807) is 18.2 Å². The Morgan fingerprint density at radius 3 is 2.50 bits per heavy atom. The van der Waals surface area contributed by atoms with Gasteiger partial charge in [0.15, 0.2) is 0 Å². The molecule has 1 aliphatic rings. The van der Waals surface area contributed by atoms with Crippen molar-refractivity contribution in [1.82, 2.24) is 4.90 Å². The molecule has 0 unspecified atom stereocenters. The van der Waals surface area contributed by atoms with Gasteiger partial charge in [-0.2, -0.15) is 18.2 Å². The van der Waals surface area contributed by atoms with Crippen molar-refractivity contribution < 1.29 is 27.6 Å². The van der Waals surface area contributed by atoms with Crippen LogP contribution in [0.1, 0.15) is 5.56 Å². The number of rotatable bonds is 1. The fraction of sp³-hybridized carbons (Fsp3) is 0.273. The maximum atomic E-state index is 12.2. The van der Waals surface area contributed by atoms with E-state index in [0.717, 1.165) is 4.90 Å². The number of fused-ring (bicyclic) bond motifs is 1. The minimum Gasteiger partial charge on any atom is -0.351 e. The first kappa shape index (κ1) is 14.0. The van der Waals surface area contributed by atoms with Crippen LogP contribution < -0.4 is 10.8 Å². The summed E-state index contributed by atoms with van der Waals surface area (Å²) in [5.74, 6) is -2.36. The lowest BCUT2D eigenvalue weighted by Crippen LogP contribution is -2.49. The largest absolute Gasteiger partial charge is 0.493 e. The highest BCUT2D eigenvalue weighted by atomic mass is 19.4. The van der Waals surface area contributed by atoms with Crippen molar-refractivity contribution in [2.45, 2.75) is 12.7 Å². The van der Waals surface area contributed by atoms with Gasteiger partial charge in [-0.05, 0) is 11.6 Å². The fourth-order valence-electron chi connectivity index (χ4n) is 1.75. The Morgan fingerprint density at radius 1 is 1.25 bits per heavy atom. The number of halogens is 3. The number of hydrogen-bond acceptors (Lipinski definition) is 4. The van der Waals surface area contributed by atoms with Gasteiger partial charge < -0.3 is 10.6 Å². The molecule has 6 nitrogen and oxygen atoms in total. The number of nitrogens with zero attached hydrogens (tertiary/aromatic N) is 2. The van der Waals surface area contributed by atoms with Gasteiger partial charge in [-0.25, -0.2) is 9.59 Å². The lowest BCUT2D eigenvalue weighted by molar-refractivity contribution is -0.202. The Bertz CT molecular complexity index is 547. The first-order chi connectivity index (χ1) is 9.29. The Morgan fingerprint density at radius 2 is 1.90 bits per heavy atom. The summed E-state index contributed by atoms with van der Waals surface area (Å²) in [6, 6.07) is 5.48. The van der Waals surface area contributed by atoms with E-state index in [-0.39, 0.29) is 18.9 Å². The Kier molecular flexibility index (Phi) is 3.43. The molecule has 0 spiro atoms. The summed E-state index contributed by atoms with van der Waals surface area (Å²) in [5, 5.41) is 0.694. The van der Waals surface area contributed by atoms with Gasteiger partial charge >= 0.3 is 18.2 Å². The first-order valence-electron chi connectivity index (χ1n) is 5.48. The second kappa shape index (κ2) is 4.91. The lowest BCUT2D eigenvalue weighted by atomic mass is 10.1. The van der Waals surface area contributed by atoms with E-state index < -0.39 is 18.2 Å². The van der Waals surface area contributed by atoms with Crippen molar-refractivity contribution in [3.8, 4) is 0 Å². The number of hydroxylamine groups is 1. The van der Waals surface area contributed by atoms with Crippen LogP contribution in [0.2, 0.25) is 0 Å². The average molecular weight is 289 g/mol. The number of primary amides is 1. The molecule has 0 fully saturated rings. The molecular formula is C11H10F3N3O3. The number of alkyl halides is 3. The highest BCUT2D eigenvalue weighted by Crippen LogP contribution is 2.28. The SMILES string of the molecule is NC(=O)N1Cc2ccccc2N(OC(=O)C(F)(F)F)C1. The number of para-hydroxylation sites is 1. The molecule has 0 radical (unpaired) electrons. The number of nitrogens with two attached hydrogens (primary N) is 1. The van der Waals surface area contributed by atoms with Crippen LogP contribution in [0.5, 0.6) is 0 Å². The maximum Gasteiger partial charge on any atom is 0.493 e. The van der Waals surface area contributed by atoms with Crippen molar-refractivity contribution in [3.63, 3.8) is 0 Å². The summed E-state index contributed by atoms with van der Waals surface area (Å²) in [7, 11) is 0. The summed E-state index contributed by atoms with van der Waals surface area (Å²) in [6.07, 6.45) is -5.12. The number of carbonyl (C=O) groups is 2. The summed E-state index contributed by atoms with van der Waals surface area (Å²) in [5.41, 5.74) is 5.90. The van der Waals surface area contributed by atoms with Gasteiger partial charge in [-0.3, -0.25) is 4.90 Å². The maximum absolute atomic E-state index is 12.2. The smallest absolute Gasteiger partial charge is 0.351 e. The molecule has 0 aliphatic carbocycles. The predicted molar refractivity (Wildman–Crippen MR) is 61.1 cm³/mol. The summed E-state index contributed by atoms with van der Waals surface area (Å²) in [6.45, 7) is -0.236. The zero-order valence-corrected chi connectivity index (χ0v) is 10.1. The lowest BCUT2D eigenvalue weighted by Gasteiger charge is -2.35. The second-order valence-electron chi connectivity index (χ2n) is 4.06. The molecule has 0 aromatic heterocycles. The molecule has 0 bridgehead atoms. The van der Waals surface area contributed by atoms with Crippen LogP contribution in [0.3, 0.4) is 0 Å². The summed E-state index contributed by atoms with van der Waals surface area (Å²) >= 11 is 0. The van der Waals surface area contributed by atoms with Gasteiger partial charge in [0.1, 0.15) is 6.67 Å². The number of amides is 2. The number of benzene rings is 1. The molecule has 0 atom stereocenters. The van der Waals surface area contributed by atoms with Gasteiger partial charge in [0, 0.05) is 0 Å². The third kappa shape index (κ3) is 2.76. The molecule has 1 aliphatic heterocycles. The molecule has 2 rings (SSSR count). The first-order valence-corrected chi connectivity index (χ1v) is 5.48. The number of urea groups is 1. The minimum atomic E-state index is -5.12. The van der Waals surface area contributed by atoms with Crippen molar-refractivity contribution in [3.05, 3.63) is 29.8 Å². The average Bonchev–Trinajstić information content (AvgIpc) is 2.37. The minimum absolute atomic E-state index is 0.131. The molecular weight excluding hydrogens is 279 g/mol. The molecule has 9 heteroatoms. The van der Waals surface area contributed by atoms with Gasteiger partial charge in [0.05, 0.1) is 12.2 Å². The quantitative estimate of drug-likeness (QED) is 0.847. The van der Waals surface area contributed by atoms with Crippen LogP contribution in [0.15, 0.2) is 24.3 Å². The molecule has 0 saturated heterocycles. The third-order valence-electron chi connectivity index (χ3n) is 2.66. The van der Waals surface area contributed by atoms with Crippen molar-refractivity contribution in [2.24, 2.45) is 5.73 Å².